The molecule has 4 rings (SSSR count). The van der Waals surface area contributed by atoms with Gasteiger partial charge in [0.25, 0.3) is 0 Å². The van der Waals surface area contributed by atoms with Gasteiger partial charge in [0.05, 0.1) is 0 Å². The summed E-state index contributed by atoms with van der Waals surface area (Å²) >= 11 is 0. The zero-order chi connectivity index (χ0) is 24.8. The summed E-state index contributed by atoms with van der Waals surface area (Å²) in [5, 5.41) is 10.5. The Labute approximate surface area is 206 Å². The lowest BCUT2D eigenvalue weighted by Crippen LogP contribution is -2.41. The lowest BCUT2D eigenvalue weighted by atomic mass is 9.89. The number of rotatable bonds is 3. The first-order valence-corrected chi connectivity index (χ1v) is 13.7. The third kappa shape index (κ3) is 9.70. The molecule has 0 amide bonds. The van der Waals surface area contributed by atoms with Gasteiger partial charge in [0.2, 0.25) is 0 Å². The Kier molecular flexibility index (Phi) is 10.5. The van der Waals surface area contributed by atoms with Gasteiger partial charge in [0.1, 0.15) is 0 Å². The molecule has 1 aliphatic carbocycles. The summed E-state index contributed by atoms with van der Waals surface area (Å²) in [6.07, 6.45) is 13.7. The van der Waals surface area contributed by atoms with Crippen molar-refractivity contribution in [3.05, 3.63) is 34.9 Å². The van der Waals surface area contributed by atoms with E-state index in [0.29, 0.717) is 17.6 Å². The molecule has 2 atom stereocenters. The van der Waals surface area contributed by atoms with Crippen LogP contribution in [0, 0.1) is 17.8 Å². The maximum Gasteiger partial charge on any atom is 0.0310 e. The minimum Gasteiger partial charge on any atom is -0.308 e. The second-order valence-corrected chi connectivity index (χ2v) is 12.5. The zero-order valence-corrected chi connectivity index (χ0v) is 23.6. The topological polar surface area (TPSA) is 36.1 Å². The van der Waals surface area contributed by atoms with Gasteiger partial charge in [0, 0.05) is 29.7 Å². The fraction of sp³-hybridized carbons (Fsp3) is 0.800. The second-order valence-electron chi connectivity index (χ2n) is 12.5. The van der Waals surface area contributed by atoms with E-state index < -0.39 is 0 Å². The van der Waals surface area contributed by atoms with Gasteiger partial charge >= 0.3 is 0 Å². The first-order valence-electron chi connectivity index (χ1n) is 13.7. The van der Waals surface area contributed by atoms with Crippen molar-refractivity contribution in [2.45, 2.75) is 125 Å². The van der Waals surface area contributed by atoms with Gasteiger partial charge in [0.15, 0.2) is 0 Å². The highest BCUT2D eigenvalue weighted by Crippen LogP contribution is 2.43. The Bertz CT molecular complexity index is 704. The van der Waals surface area contributed by atoms with E-state index in [1.807, 2.05) is 0 Å². The molecule has 1 fully saturated rings. The zero-order valence-electron chi connectivity index (χ0n) is 23.6. The first-order chi connectivity index (χ1) is 15.3. The summed E-state index contributed by atoms with van der Waals surface area (Å²) in [5.41, 5.74) is 5.67. The lowest BCUT2D eigenvalue weighted by molar-refractivity contribution is 0.438. The molecule has 1 spiro atoms. The van der Waals surface area contributed by atoms with Crippen molar-refractivity contribution in [3.8, 4) is 0 Å². The maximum absolute atomic E-state index is 3.58. The first kappa shape index (κ1) is 28.3. The summed E-state index contributed by atoms with van der Waals surface area (Å²) in [5.74, 6) is 2.20. The molecule has 1 saturated carbocycles. The number of hydrogen-bond acceptors (Lipinski definition) is 3. The number of hydrogen-bond donors (Lipinski definition) is 3. The summed E-state index contributed by atoms with van der Waals surface area (Å²) in [7, 11) is 0. The van der Waals surface area contributed by atoms with Gasteiger partial charge in [-0.1, -0.05) is 76.5 Å². The van der Waals surface area contributed by atoms with Crippen LogP contribution in [0.4, 0.5) is 0 Å². The van der Waals surface area contributed by atoms with E-state index in [2.05, 4.69) is 103 Å². The fourth-order valence-corrected chi connectivity index (χ4v) is 5.17. The molecule has 3 heteroatoms. The minimum absolute atomic E-state index is 0.220. The molecule has 0 unspecified atom stereocenters. The van der Waals surface area contributed by atoms with Gasteiger partial charge in [-0.3, -0.25) is 0 Å². The Morgan fingerprint density at radius 1 is 0.848 bits per heavy atom. The molecular formula is C30H55N3. The molecule has 4 aliphatic rings. The third-order valence-corrected chi connectivity index (χ3v) is 7.56. The van der Waals surface area contributed by atoms with Crippen molar-refractivity contribution in [2.75, 3.05) is 13.1 Å². The molecule has 0 aromatic carbocycles. The monoisotopic (exact) mass is 457 g/mol. The molecule has 0 bridgehead atoms. The van der Waals surface area contributed by atoms with Crippen molar-refractivity contribution in [3.63, 3.8) is 0 Å². The van der Waals surface area contributed by atoms with Crippen molar-refractivity contribution in [2.24, 2.45) is 17.8 Å². The predicted octanol–water partition coefficient (Wildman–Crippen LogP) is 6.77. The molecule has 3 nitrogen and oxygen atoms in total. The minimum atomic E-state index is 0.220. The fourth-order valence-electron chi connectivity index (χ4n) is 5.17. The normalized spacial score (nSPS) is 27.7. The molecule has 0 aromatic rings. The van der Waals surface area contributed by atoms with Gasteiger partial charge in [-0.05, 0) is 84.1 Å². The van der Waals surface area contributed by atoms with Gasteiger partial charge < -0.3 is 16.0 Å². The molecule has 3 heterocycles. The van der Waals surface area contributed by atoms with Gasteiger partial charge in [-0.2, -0.15) is 0 Å². The van der Waals surface area contributed by atoms with Gasteiger partial charge in [-0.15, -0.1) is 0 Å². The maximum atomic E-state index is 3.58. The SMILES string of the molecule is CC(C)C1=CC(C)(C)NCC1.CC(C)C1=CCNC2(CC2)C1.CC(C)C1=C[C@H](C)N[C@H](C)C1. The Hall–Kier alpha value is -0.900. The van der Waals surface area contributed by atoms with Crippen molar-refractivity contribution < 1.29 is 0 Å². The highest BCUT2D eigenvalue weighted by molar-refractivity contribution is 5.21. The van der Waals surface area contributed by atoms with E-state index in [9.17, 15) is 0 Å². The van der Waals surface area contributed by atoms with Crippen LogP contribution in [-0.2, 0) is 0 Å². The molecule has 33 heavy (non-hydrogen) atoms. The molecule has 3 N–H and O–H groups in total. The predicted molar refractivity (Wildman–Crippen MR) is 147 cm³/mol. The smallest absolute Gasteiger partial charge is 0.0310 e. The Balaban J connectivity index is 0.000000175. The molecule has 190 valence electrons. The van der Waals surface area contributed by atoms with E-state index in [-0.39, 0.29) is 5.54 Å². The van der Waals surface area contributed by atoms with Crippen molar-refractivity contribution in [1.29, 1.82) is 0 Å². The molecular weight excluding hydrogens is 402 g/mol. The van der Waals surface area contributed by atoms with Gasteiger partial charge in [-0.25, -0.2) is 0 Å². The van der Waals surface area contributed by atoms with Crippen molar-refractivity contribution >= 4 is 0 Å². The highest BCUT2D eigenvalue weighted by atomic mass is 15.0. The average Bonchev–Trinajstić information content (AvgIpc) is 3.45. The Morgan fingerprint density at radius 2 is 1.45 bits per heavy atom. The van der Waals surface area contributed by atoms with E-state index in [1.54, 1.807) is 16.7 Å². The summed E-state index contributed by atoms with van der Waals surface area (Å²) in [4.78, 5) is 0. The van der Waals surface area contributed by atoms with Crippen LogP contribution in [0.25, 0.3) is 0 Å². The lowest BCUT2D eigenvalue weighted by Gasteiger charge is -2.30. The van der Waals surface area contributed by atoms with Crippen LogP contribution in [0.2, 0.25) is 0 Å². The summed E-state index contributed by atoms with van der Waals surface area (Å²) in [6.45, 7) is 24.9. The standard InChI is InChI=1S/C10H17N.2C10H19N/c1-8(2)9-3-6-11-10(7-9)4-5-10;1-7(2)10-5-8(3)11-9(4)6-10;1-8(2)9-5-6-11-10(3,4)7-9/h3,8,11H,4-7H2,1-2H3;5,7-9,11H,6H2,1-4H3;7-8,11H,5-6H2,1-4H3/t;8-,9+;/m.0./s1. The van der Waals surface area contributed by atoms with Crippen LogP contribution in [0.1, 0.15) is 101 Å². The highest BCUT2D eigenvalue weighted by Gasteiger charge is 2.43. The third-order valence-electron chi connectivity index (χ3n) is 7.56. The molecule has 3 aliphatic heterocycles. The summed E-state index contributed by atoms with van der Waals surface area (Å²) < 4.78 is 0. The molecule has 0 aromatic heterocycles. The van der Waals surface area contributed by atoms with E-state index in [4.69, 9.17) is 0 Å². The summed E-state index contributed by atoms with van der Waals surface area (Å²) in [6, 6.07) is 1.23. The average molecular weight is 458 g/mol. The van der Waals surface area contributed by atoms with Crippen LogP contribution in [-0.4, -0.2) is 36.3 Å². The van der Waals surface area contributed by atoms with E-state index >= 15 is 0 Å². The second kappa shape index (κ2) is 12.2. The van der Waals surface area contributed by atoms with Crippen LogP contribution in [0.15, 0.2) is 34.9 Å². The van der Waals surface area contributed by atoms with Crippen LogP contribution < -0.4 is 16.0 Å². The van der Waals surface area contributed by atoms with Crippen LogP contribution in [0.3, 0.4) is 0 Å². The van der Waals surface area contributed by atoms with E-state index in [0.717, 1.165) is 30.8 Å². The van der Waals surface area contributed by atoms with Crippen LogP contribution >= 0.6 is 0 Å². The molecule has 0 saturated heterocycles. The van der Waals surface area contributed by atoms with E-state index in [1.165, 1.54) is 32.1 Å². The number of nitrogens with one attached hydrogen (secondary N) is 3. The van der Waals surface area contributed by atoms with Crippen molar-refractivity contribution in [1.82, 2.24) is 16.0 Å². The largest absolute Gasteiger partial charge is 0.308 e. The quantitative estimate of drug-likeness (QED) is 0.409. The molecule has 0 radical (unpaired) electrons. The Morgan fingerprint density at radius 3 is 1.91 bits per heavy atom. The van der Waals surface area contributed by atoms with Crippen LogP contribution in [0.5, 0.6) is 0 Å².